The van der Waals surface area contributed by atoms with Crippen LogP contribution in [0.5, 0.6) is 0 Å². The molecule has 2 saturated heterocycles. The van der Waals surface area contributed by atoms with E-state index < -0.39 is 0 Å². The first-order chi connectivity index (χ1) is 11.6. The van der Waals surface area contributed by atoms with Crippen LogP contribution in [0.25, 0.3) is 0 Å². The van der Waals surface area contributed by atoms with Gasteiger partial charge in [0.2, 0.25) is 0 Å². The number of hydrogen-bond donors (Lipinski definition) is 2. The van der Waals surface area contributed by atoms with Crippen LogP contribution in [0.15, 0.2) is 6.20 Å². The van der Waals surface area contributed by atoms with Gasteiger partial charge in [-0.05, 0) is 6.42 Å². The predicted molar refractivity (Wildman–Crippen MR) is 94.1 cm³/mol. The van der Waals surface area contributed by atoms with Gasteiger partial charge in [-0.25, -0.2) is 0 Å². The maximum Gasteiger partial charge on any atom is 0.0594 e. The molecule has 6 heteroatoms. The van der Waals surface area contributed by atoms with Gasteiger partial charge in [-0.1, -0.05) is 20.8 Å². The molecule has 0 spiro atoms. The van der Waals surface area contributed by atoms with E-state index in [1.54, 1.807) is 0 Å². The Kier molecular flexibility index (Phi) is 5.92. The molecule has 1 aromatic heterocycles. The molecule has 6 nitrogen and oxygen atoms in total. The normalized spacial score (nSPS) is 24.4. The second kappa shape index (κ2) is 7.95. The molecule has 136 valence electrons. The molecule has 0 aromatic carbocycles. The summed E-state index contributed by atoms with van der Waals surface area (Å²) in [7, 11) is 0. The lowest BCUT2D eigenvalue weighted by Gasteiger charge is -2.37. The highest BCUT2D eigenvalue weighted by atomic mass is 16.5. The van der Waals surface area contributed by atoms with Gasteiger partial charge in [0.1, 0.15) is 0 Å². The van der Waals surface area contributed by atoms with E-state index in [-0.39, 0.29) is 5.41 Å². The molecule has 0 saturated carbocycles. The molecule has 2 atom stereocenters. The third-order valence-corrected chi connectivity index (χ3v) is 5.16. The molecule has 0 amide bonds. The molecule has 2 aliphatic rings. The minimum absolute atomic E-state index is 0.0937. The SMILES string of the molecule is CC(C)(C)c1[nH]ncc1CNCC(C1CCOC1)N1CCOCC1. The lowest BCUT2D eigenvalue weighted by molar-refractivity contribution is 0.00136. The molecule has 2 N–H and O–H groups in total. The van der Waals surface area contributed by atoms with Gasteiger partial charge in [0.25, 0.3) is 0 Å². The Labute approximate surface area is 145 Å². The minimum Gasteiger partial charge on any atom is -0.381 e. The topological polar surface area (TPSA) is 62.4 Å². The Bertz CT molecular complexity index is 499. The predicted octanol–water partition coefficient (Wildman–Crippen LogP) is 1.53. The second-order valence-electron chi connectivity index (χ2n) is 7.99. The molecular weight excluding hydrogens is 304 g/mol. The van der Waals surface area contributed by atoms with E-state index in [0.29, 0.717) is 12.0 Å². The van der Waals surface area contributed by atoms with Crippen LogP contribution >= 0.6 is 0 Å². The van der Waals surface area contributed by atoms with E-state index >= 15 is 0 Å². The first kappa shape index (κ1) is 17.9. The lowest BCUT2D eigenvalue weighted by atomic mass is 9.89. The van der Waals surface area contributed by atoms with Crippen molar-refractivity contribution in [3.05, 3.63) is 17.5 Å². The largest absolute Gasteiger partial charge is 0.381 e. The second-order valence-corrected chi connectivity index (χ2v) is 7.99. The van der Waals surface area contributed by atoms with Crippen LogP contribution in [0, 0.1) is 5.92 Å². The number of ether oxygens (including phenoxy) is 2. The Morgan fingerprint density at radius 2 is 2.08 bits per heavy atom. The maximum absolute atomic E-state index is 5.64. The standard InChI is InChI=1S/C18H32N4O2/c1-18(2,3)17-15(11-20-21-17)10-19-12-16(14-4-7-24-13-14)22-5-8-23-9-6-22/h11,14,16,19H,4-10,12-13H2,1-3H3,(H,20,21). The maximum atomic E-state index is 5.64. The zero-order valence-electron chi connectivity index (χ0n) is 15.3. The number of hydrogen-bond acceptors (Lipinski definition) is 5. The summed E-state index contributed by atoms with van der Waals surface area (Å²) in [5.74, 6) is 0.627. The van der Waals surface area contributed by atoms with Crippen LogP contribution in [0.3, 0.4) is 0 Å². The van der Waals surface area contributed by atoms with Crippen LogP contribution in [0.2, 0.25) is 0 Å². The van der Waals surface area contributed by atoms with Gasteiger partial charge in [0.05, 0.1) is 26.0 Å². The average molecular weight is 336 g/mol. The van der Waals surface area contributed by atoms with E-state index in [9.17, 15) is 0 Å². The van der Waals surface area contributed by atoms with E-state index in [1.165, 1.54) is 17.7 Å². The Balaban J connectivity index is 1.58. The molecule has 3 rings (SSSR count). The first-order valence-electron chi connectivity index (χ1n) is 9.18. The smallest absolute Gasteiger partial charge is 0.0594 e. The van der Waals surface area contributed by atoms with E-state index in [4.69, 9.17) is 9.47 Å². The number of rotatable bonds is 6. The van der Waals surface area contributed by atoms with Crippen molar-refractivity contribution in [2.45, 2.75) is 45.2 Å². The Hall–Kier alpha value is -0.950. The number of H-pyrrole nitrogens is 1. The highest BCUT2D eigenvalue weighted by Gasteiger charge is 2.31. The fraction of sp³-hybridized carbons (Fsp3) is 0.833. The van der Waals surface area contributed by atoms with Gasteiger partial charge in [-0.15, -0.1) is 0 Å². The Morgan fingerprint density at radius 3 is 2.75 bits per heavy atom. The van der Waals surface area contributed by atoms with Gasteiger partial charge < -0.3 is 14.8 Å². The summed E-state index contributed by atoms with van der Waals surface area (Å²) in [4.78, 5) is 2.58. The van der Waals surface area contributed by atoms with Crippen molar-refractivity contribution < 1.29 is 9.47 Å². The summed E-state index contributed by atoms with van der Waals surface area (Å²) in [6.45, 7) is 14.1. The fourth-order valence-corrected chi connectivity index (χ4v) is 3.81. The summed E-state index contributed by atoms with van der Waals surface area (Å²) in [6.07, 6.45) is 3.12. The highest BCUT2D eigenvalue weighted by molar-refractivity contribution is 5.23. The zero-order valence-corrected chi connectivity index (χ0v) is 15.3. The van der Waals surface area contributed by atoms with Gasteiger partial charge in [-0.2, -0.15) is 5.10 Å². The number of aromatic amines is 1. The van der Waals surface area contributed by atoms with E-state index in [1.807, 2.05) is 6.20 Å². The summed E-state index contributed by atoms with van der Waals surface area (Å²) < 4.78 is 11.2. The minimum atomic E-state index is 0.0937. The van der Waals surface area contributed by atoms with Crippen molar-refractivity contribution in [3.8, 4) is 0 Å². The summed E-state index contributed by atoms with van der Waals surface area (Å²) >= 11 is 0. The quantitative estimate of drug-likeness (QED) is 0.825. The third-order valence-electron chi connectivity index (χ3n) is 5.16. The lowest BCUT2D eigenvalue weighted by Crippen LogP contribution is -2.51. The molecule has 24 heavy (non-hydrogen) atoms. The molecule has 2 unspecified atom stereocenters. The molecule has 3 heterocycles. The van der Waals surface area contributed by atoms with Crippen molar-refractivity contribution in [1.29, 1.82) is 0 Å². The molecule has 2 fully saturated rings. The molecule has 1 aromatic rings. The fourth-order valence-electron chi connectivity index (χ4n) is 3.81. The van der Waals surface area contributed by atoms with Crippen molar-refractivity contribution in [2.75, 3.05) is 46.1 Å². The van der Waals surface area contributed by atoms with Gasteiger partial charge in [0.15, 0.2) is 0 Å². The molecule has 2 aliphatic heterocycles. The Morgan fingerprint density at radius 1 is 1.29 bits per heavy atom. The molecule has 0 aliphatic carbocycles. The first-order valence-corrected chi connectivity index (χ1v) is 9.18. The summed E-state index contributed by atoms with van der Waals surface area (Å²) in [5, 5.41) is 11.1. The van der Waals surface area contributed by atoms with Crippen molar-refractivity contribution in [3.63, 3.8) is 0 Å². The number of nitrogens with one attached hydrogen (secondary N) is 2. The van der Waals surface area contributed by atoms with Crippen molar-refractivity contribution >= 4 is 0 Å². The monoisotopic (exact) mass is 336 g/mol. The molecular formula is C18H32N4O2. The van der Waals surface area contributed by atoms with Crippen LogP contribution in [0.4, 0.5) is 0 Å². The third kappa shape index (κ3) is 4.36. The van der Waals surface area contributed by atoms with Gasteiger partial charge in [-0.3, -0.25) is 10.00 Å². The van der Waals surface area contributed by atoms with Crippen molar-refractivity contribution in [1.82, 2.24) is 20.4 Å². The number of aromatic nitrogens is 2. The number of nitrogens with zero attached hydrogens (tertiary/aromatic N) is 2. The average Bonchev–Trinajstić information content (AvgIpc) is 3.23. The molecule has 0 radical (unpaired) electrons. The molecule has 0 bridgehead atoms. The summed E-state index contributed by atoms with van der Waals surface area (Å²) in [5.41, 5.74) is 2.59. The zero-order chi connectivity index (χ0) is 17.0. The highest BCUT2D eigenvalue weighted by Crippen LogP contribution is 2.24. The van der Waals surface area contributed by atoms with Crippen LogP contribution in [0.1, 0.15) is 38.4 Å². The van der Waals surface area contributed by atoms with Crippen LogP contribution in [-0.4, -0.2) is 67.2 Å². The summed E-state index contributed by atoms with van der Waals surface area (Å²) in [6, 6.07) is 0.529. The van der Waals surface area contributed by atoms with Crippen molar-refractivity contribution in [2.24, 2.45) is 5.92 Å². The van der Waals surface area contributed by atoms with Gasteiger partial charge >= 0.3 is 0 Å². The number of morpholine rings is 1. The van der Waals surface area contributed by atoms with Gasteiger partial charge in [0, 0.05) is 61.4 Å². The van der Waals surface area contributed by atoms with Crippen LogP contribution in [-0.2, 0) is 21.4 Å². The van der Waals surface area contributed by atoms with E-state index in [2.05, 4.69) is 41.2 Å². The van der Waals surface area contributed by atoms with E-state index in [0.717, 1.165) is 52.6 Å². The van der Waals surface area contributed by atoms with Crippen LogP contribution < -0.4 is 5.32 Å².